The van der Waals surface area contributed by atoms with Crippen LogP contribution in [0.1, 0.15) is 11.1 Å². The highest BCUT2D eigenvalue weighted by atomic mass is 32.2. The summed E-state index contributed by atoms with van der Waals surface area (Å²) in [6, 6.07) is 1.77. The van der Waals surface area contributed by atoms with Crippen molar-refractivity contribution in [2.45, 2.75) is 18.0 Å². The Morgan fingerprint density at radius 1 is 1.30 bits per heavy atom. The zero-order valence-corrected chi connectivity index (χ0v) is 10.7. The maximum absolute atomic E-state index is 12.9. The van der Waals surface area contributed by atoms with Gasteiger partial charge in [-0.1, -0.05) is 6.07 Å². The number of H-pyrrole nitrogens is 1. The van der Waals surface area contributed by atoms with Gasteiger partial charge in [-0.15, -0.1) is 10.2 Å². The lowest BCUT2D eigenvalue weighted by Crippen LogP contribution is -2.21. The fourth-order valence-corrected chi connectivity index (χ4v) is 2.77. The number of aromatic amines is 1. The van der Waals surface area contributed by atoms with Gasteiger partial charge in [0.15, 0.2) is 0 Å². The molecule has 0 saturated carbocycles. The highest BCUT2D eigenvalue weighted by Gasteiger charge is 2.39. The van der Waals surface area contributed by atoms with Gasteiger partial charge in [0.2, 0.25) is 15.8 Å². The van der Waals surface area contributed by atoms with Crippen molar-refractivity contribution in [3.05, 3.63) is 23.3 Å². The van der Waals surface area contributed by atoms with Crippen LogP contribution >= 0.6 is 0 Å². The molecule has 0 spiro atoms. The lowest BCUT2D eigenvalue weighted by atomic mass is 10.0. The number of aromatic nitrogens is 4. The van der Waals surface area contributed by atoms with Crippen LogP contribution in [0.25, 0.3) is 11.4 Å². The lowest BCUT2D eigenvalue weighted by Gasteiger charge is -2.15. The van der Waals surface area contributed by atoms with E-state index < -0.39 is 26.7 Å². The molecular formula is C9H8F3N5O2S. The van der Waals surface area contributed by atoms with E-state index >= 15 is 0 Å². The summed E-state index contributed by atoms with van der Waals surface area (Å²) < 4.78 is 62.0. The molecule has 0 atom stereocenters. The molecular weight excluding hydrogens is 299 g/mol. The van der Waals surface area contributed by atoms with E-state index in [-0.39, 0.29) is 17.0 Å². The number of tetrazole rings is 1. The third kappa shape index (κ3) is 2.49. The van der Waals surface area contributed by atoms with Gasteiger partial charge in [-0.05, 0) is 23.8 Å². The minimum Gasteiger partial charge on any atom is -0.225 e. The zero-order chi connectivity index (χ0) is 15.1. The largest absolute Gasteiger partial charge is 0.417 e. The van der Waals surface area contributed by atoms with Gasteiger partial charge in [-0.25, -0.2) is 13.6 Å². The first-order valence-corrected chi connectivity index (χ1v) is 6.64. The predicted octanol–water partition coefficient (Wildman–Crippen LogP) is 0.841. The Morgan fingerprint density at radius 2 is 1.95 bits per heavy atom. The molecule has 0 radical (unpaired) electrons. The fraction of sp³-hybridized carbons (Fsp3) is 0.222. The van der Waals surface area contributed by atoms with Crippen LogP contribution in [0.4, 0.5) is 13.2 Å². The zero-order valence-electron chi connectivity index (χ0n) is 9.93. The predicted molar refractivity (Wildman–Crippen MR) is 60.7 cm³/mol. The van der Waals surface area contributed by atoms with Crippen LogP contribution in [0.15, 0.2) is 17.0 Å². The molecule has 0 bridgehead atoms. The Balaban J connectivity index is 2.93. The molecule has 7 nitrogen and oxygen atoms in total. The molecule has 20 heavy (non-hydrogen) atoms. The van der Waals surface area contributed by atoms with Crippen LogP contribution in [0.2, 0.25) is 0 Å². The van der Waals surface area contributed by atoms with Crippen LogP contribution in [-0.4, -0.2) is 29.0 Å². The van der Waals surface area contributed by atoms with Crippen molar-refractivity contribution in [1.29, 1.82) is 0 Å². The number of alkyl halides is 3. The molecule has 0 saturated heterocycles. The summed E-state index contributed by atoms with van der Waals surface area (Å²) in [6.07, 6.45) is -4.88. The average Bonchev–Trinajstić information content (AvgIpc) is 2.78. The first kappa shape index (κ1) is 14.4. The number of primary sulfonamides is 1. The van der Waals surface area contributed by atoms with E-state index in [0.717, 1.165) is 6.07 Å². The van der Waals surface area contributed by atoms with Crippen LogP contribution in [0.5, 0.6) is 0 Å². The Hall–Kier alpha value is -2.01. The third-order valence-electron chi connectivity index (χ3n) is 2.52. The summed E-state index contributed by atoms with van der Waals surface area (Å²) in [5.41, 5.74) is -1.47. The smallest absolute Gasteiger partial charge is 0.225 e. The number of rotatable bonds is 2. The standard InChI is InChI=1S/C9H8F3N5O2S/c1-4-2-3-5(9(10,11)12)7(20(13,18)19)6(4)8-14-16-17-15-8/h2-3H,1H3,(H2,13,18,19)(H,14,15,16,17). The molecule has 0 aliphatic rings. The van der Waals surface area contributed by atoms with Gasteiger partial charge in [-0.2, -0.15) is 18.4 Å². The molecule has 0 aliphatic heterocycles. The molecule has 0 aliphatic carbocycles. The quantitative estimate of drug-likeness (QED) is 0.853. The van der Waals surface area contributed by atoms with E-state index in [1.807, 2.05) is 0 Å². The molecule has 108 valence electrons. The van der Waals surface area contributed by atoms with Crippen LogP contribution < -0.4 is 5.14 Å². The van der Waals surface area contributed by atoms with Gasteiger partial charge >= 0.3 is 6.18 Å². The SMILES string of the molecule is Cc1ccc(C(F)(F)F)c(S(N)(=O)=O)c1-c1nn[nH]n1. The lowest BCUT2D eigenvalue weighted by molar-refractivity contribution is -0.139. The number of hydrogen-bond acceptors (Lipinski definition) is 5. The Kier molecular flexibility index (Phi) is 3.26. The third-order valence-corrected chi connectivity index (χ3v) is 3.52. The van der Waals surface area contributed by atoms with Gasteiger partial charge in [0.1, 0.15) is 4.90 Å². The highest BCUT2D eigenvalue weighted by Crippen LogP contribution is 2.39. The molecule has 11 heteroatoms. The molecule has 3 N–H and O–H groups in total. The minimum atomic E-state index is -4.88. The second kappa shape index (κ2) is 4.52. The molecule has 0 amide bonds. The monoisotopic (exact) mass is 307 g/mol. The number of hydrogen-bond donors (Lipinski definition) is 2. The van der Waals surface area contributed by atoms with Crippen molar-refractivity contribution in [1.82, 2.24) is 20.6 Å². The molecule has 1 heterocycles. The normalized spacial score (nSPS) is 12.7. The van der Waals surface area contributed by atoms with Gasteiger partial charge < -0.3 is 0 Å². The van der Waals surface area contributed by atoms with Gasteiger partial charge in [0, 0.05) is 5.56 Å². The van der Waals surface area contributed by atoms with E-state index in [2.05, 4.69) is 20.6 Å². The van der Waals surface area contributed by atoms with E-state index in [9.17, 15) is 21.6 Å². The number of halogens is 3. The number of nitrogens with one attached hydrogen (secondary N) is 1. The number of aryl methyl sites for hydroxylation is 1. The summed E-state index contributed by atoms with van der Waals surface area (Å²) in [4.78, 5) is -1.06. The van der Waals surface area contributed by atoms with Crippen molar-refractivity contribution in [3.63, 3.8) is 0 Å². The van der Waals surface area contributed by atoms with E-state index in [0.29, 0.717) is 6.07 Å². The van der Waals surface area contributed by atoms with Crippen molar-refractivity contribution in [3.8, 4) is 11.4 Å². The van der Waals surface area contributed by atoms with Gasteiger partial charge in [-0.3, -0.25) is 0 Å². The second-order valence-electron chi connectivity index (χ2n) is 3.91. The fourth-order valence-electron chi connectivity index (χ4n) is 1.75. The molecule has 0 unspecified atom stereocenters. The van der Waals surface area contributed by atoms with Crippen LogP contribution in [0.3, 0.4) is 0 Å². The molecule has 2 rings (SSSR count). The summed E-state index contributed by atoms with van der Waals surface area (Å²) in [5.74, 6) is -0.280. The summed E-state index contributed by atoms with van der Waals surface area (Å²) >= 11 is 0. The maximum Gasteiger partial charge on any atom is 0.417 e. The van der Waals surface area contributed by atoms with Crippen molar-refractivity contribution >= 4 is 10.0 Å². The number of nitrogens with two attached hydrogens (primary N) is 1. The van der Waals surface area contributed by atoms with Gasteiger partial charge in [0.25, 0.3) is 0 Å². The van der Waals surface area contributed by atoms with Crippen molar-refractivity contribution in [2.75, 3.05) is 0 Å². The van der Waals surface area contributed by atoms with Crippen molar-refractivity contribution in [2.24, 2.45) is 5.14 Å². The topological polar surface area (TPSA) is 115 Å². The molecule has 0 fully saturated rings. The van der Waals surface area contributed by atoms with Gasteiger partial charge in [0.05, 0.1) is 5.56 Å². The van der Waals surface area contributed by atoms with Crippen molar-refractivity contribution < 1.29 is 21.6 Å². The Labute approximate surface area is 111 Å². The number of sulfonamides is 1. The summed E-state index contributed by atoms with van der Waals surface area (Å²) in [5, 5.41) is 17.2. The average molecular weight is 307 g/mol. The molecule has 2 aromatic rings. The maximum atomic E-state index is 12.9. The first-order chi connectivity index (χ1) is 9.12. The molecule has 1 aromatic heterocycles. The second-order valence-corrected chi connectivity index (χ2v) is 5.41. The first-order valence-electron chi connectivity index (χ1n) is 5.10. The Bertz CT molecular complexity index is 740. The minimum absolute atomic E-state index is 0.225. The summed E-state index contributed by atoms with van der Waals surface area (Å²) in [6.45, 7) is 1.42. The number of benzene rings is 1. The van der Waals surface area contributed by atoms with E-state index in [1.54, 1.807) is 0 Å². The van der Waals surface area contributed by atoms with Crippen LogP contribution in [0, 0.1) is 6.92 Å². The van der Waals surface area contributed by atoms with E-state index in [4.69, 9.17) is 5.14 Å². The highest BCUT2D eigenvalue weighted by molar-refractivity contribution is 7.89. The Morgan fingerprint density at radius 3 is 2.40 bits per heavy atom. The van der Waals surface area contributed by atoms with E-state index in [1.165, 1.54) is 6.92 Å². The van der Waals surface area contributed by atoms with Crippen LogP contribution in [-0.2, 0) is 16.2 Å². The molecule has 1 aromatic carbocycles. The number of nitrogens with zero attached hydrogens (tertiary/aromatic N) is 3. The summed E-state index contributed by atoms with van der Waals surface area (Å²) in [7, 11) is -4.64.